The van der Waals surface area contributed by atoms with Crippen molar-refractivity contribution in [1.82, 2.24) is 5.32 Å². The quantitative estimate of drug-likeness (QED) is 0.832. The van der Waals surface area contributed by atoms with E-state index in [9.17, 15) is 4.79 Å². The summed E-state index contributed by atoms with van der Waals surface area (Å²) in [6.07, 6.45) is 1.77. The van der Waals surface area contributed by atoms with Gasteiger partial charge in [-0.1, -0.05) is 16.8 Å². The molecule has 0 saturated carbocycles. The molecule has 2 aliphatic rings. The molecule has 1 N–H and O–H groups in total. The van der Waals surface area contributed by atoms with Crippen molar-refractivity contribution >= 4 is 23.2 Å². The Morgan fingerprint density at radius 2 is 2.16 bits per heavy atom. The van der Waals surface area contributed by atoms with Crippen LogP contribution in [-0.2, 0) is 14.4 Å². The van der Waals surface area contributed by atoms with E-state index in [1.54, 1.807) is 19.2 Å². The Morgan fingerprint density at radius 3 is 2.84 bits per heavy atom. The summed E-state index contributed by atoms with van der Waals surface area (Å²) in [7, 11) is 3.08. The zero-order valence-corrected chi connectivity index (χ0v) is 15.0. The molecular formula is C17H21ClN2O5. The molecule has 1 aromatic carbocycles. The molecule has 1 amide bonds. The zero-order chi connectivity index (χ0) is 17.8. The van der Waals surface area contributed by atoms with Gasteiger partial charge >= 0.3 is 0 Å². The molecule has 1 saturated heterocycles. The van der Waals surface area contributed by atoms with Crippen molar-refractivity contribution < 1.29 is 23.8 Å². The first-order chi connectivity index (χ1) is 12.1. The minimum atomic E-state index is -0.665. The summed E-state index contributed by atoms with van der Waals surface area (Å²) < 4.78 is 16.1. The van der Waals surface area contributed by atoms with Gasteiger partial charge in [-0.05, 0) is 18.9 Å². The van der Waals surface area contributed by atoms with Crippen molar-refractivity contribution in [2.24, 2.45) is 5.16 Å². The number of methoxy groups -OCH3 is 2. The van der Waals surface area contributed by atoms with Gasteiger partial charge in [0.25, 0.3) is 5.91 Å². The van der Waals surface area contributed by atoms with Gasteiger partial charge in [-0.25, -0.2) is 0 Å². The SMILES string of the molecule is COc1cc(OC)c(C2=NO[C@H](C(=O)NC[C@H]3CCCO3)C2)cc1Cl. The van der Waals surface area contributed by atoms with Crippen LogP contribution in [-0.4, -0.2) is 51.2 Å². The number of hydrogen-bond acceptors (Lipinski definition) is 6. The molecule has 3 rings (SSSR count). The second-order valence-corrected chi connectivity index (χ2v) is 6.31. The first-order valence-electron chi connectivity index (χ1n) is 8.16. The van der Waals surface area contributed by atoms with E-state index in [0.29, 0.717) is 40.8 Å². The molecular weight excluding hydrogens is 348 g/mol. The van der Waals surface area contributed by atoms with Gasteiger partial charge in [0.05, 0.1) is 31.1 Å². The molecule has 2 atom stereocenters. The number of ether oxygens (including phenoxy) is 3. The number of carbonyl (C=O) groups is 1. The predicted molar refractivity (Wildman–Crippen MR) is 92.6 cm³/mol. The smallest absolute Gasteiger partial charge is 0.264 e. The van der Waals surface area contributed by atoms with Crippen molar-refractivity contribution in [2.45, 2.75) is 31.5 Å². The van der Waals surface area contributed by atoms with Gasteiger partial charge in [-0.15, -0.1) is 0 Å². The van der Waals surface area contributed by atoms with Crippen LogP contribution in [0.1, 0.15) is 24.8 Å². The minimum absolute atomic E-state index is 0.0891. The first-order valence-corrected chi connectivity index (χ1v) is 8.54. The highest BCUT2D eigenvalue weighted by Crippen LogP contribution is 2.34. The van der Waals surface area contributed by atoms with Gasteiger partial charge < -0.3 is 24.4 Å². The standard InChI is InChI=1S/C17H21ClN2O5/c1-22-14-8-15(23-2)12(18)6-11(14)13-7-16(25-20-13)17(21)19-9-10-4-3-5-24-10/h6,8,10,16H,3-5,7,9H2,1-2H3,(H,19,21)/t10-,16+/m1/s1. The summed E-state index contributed by atoms with van der Waals surface area (Å²) in [5, 5.41) is 7.33. The average molecular weight is 369 g/mol. The maximum absolute atomic E-state index is 12.3. The number of hydrogen-bond donors (Lipinski definition) is 1. The van der Waals surface area contributed by atoms with E-state index in [-0.39, 0.29) is 12.0 Å². The number of rotatable bonds is 6. The largest absolute Gasteiger partial charge is 0.496 e. The van der Waals surface area contributed by atoms with Crippen LogP contribution in [0.5, 0.6) is 11.5 Å². The van der Waals surface area contributed by atoms with Crippen LogP contribution in [0.15, 0.2) is 17.3 Å². The van der Waals surface area contributed by atoms with Crippen LogP contribution >= 0.6 is 11.6 Å². The molecule has 0 spiro atoms. The Kier molecular flexibility index (Phi) is 5.65. The Morgan fingerprint density at radius 1 is 1.36 bits per heavy atom. The van der Waals surface area contributed by atoms with Gasteiger partial charge in [0, 0.05) is 31.2 Å². The van der Waals surface area contributed by atoms with Crippen molar-refractivity contribution in [3.8, 4) is 11.5 Å². The summed E-state index contributed by atoms with van der Waals surface area (Å²) >= 11 is 6.19. The number of halogens is 1. The Balaban J connectivity index is 1.63. The molecule has 2 aliphatic heterocycles. The van der Waals surface area contributed by atoms with E-state index in [1.807, 2.05) is 0 Å². The summed E-state index contributed by atoms with van der Waals surface area (Å²) in [6, 6.07) is 3.39. The van der Waals surface area contributed by atoms with Gasteiger partial charge in [0.15, 0.2) is 0 Å². The molecule has 0 bridgehead atoms. The molecule has 7 nitrogen and oxygen atoms in total. The van der Waals surface area contributed by atoms with Crippen molar-refractivity contribution in [3.63, 3.8) is 0 Å². The van der Waals surface area contributed by atoms with E-state index in [1.165, 1.54) is 7.11 Å². The third-order valence-electron chi connectivity index (χ3n) is 4.27. The lowest BCUT2D eigenvalue weighted by Gasteiger charge is -2.13. The molecule has 2 heterocycles. The Bertz CT molecular complexity index is 673. The third-order valence-corrected chi connectivity index (χ3v) is 4.57. The number of oxime groups is 1. The summed E-state index contributed by atoms with van der Waals surface area (Å²) in [5.74, 6) is 0.865. The van der Waals surface area contributed by atoms with Crippen molar-refractivity contribution in [2.75, 3.05) is 27.4 Å². The lowest BCUT2D eigenvalue weighted by atomic mass is 10.0. The lowest BCUT2D eigenvalue weighted by Crippen LogP contribution is -2.39. The maximum atomic E-state index is 12.3. The molecule has 1 fully saturated rings. The second-order valence-electron chi connectivity index (χ2n) is 5.90. The van der Waals surface area contributed by atoms with E-state index < -0.39 is 6.10 Å². The second kappa shape index (κ2) is 7.93. The molecule has 0 aliphatic carbocycles. The number of benzene rings is 1. The molecule has 0 radical (unpaired) electrons. The highest BCUT2D eigenvalue weighted by molar-refractivity contribution is 6.32. The highest BCUT2D eigenvalue weighted by Gasteiger charge is 2.31. The van der Waals surface area contributed by atoms with E-state index in [0.717, 1.165) is 19.4 Å². The van der Waals surface area contributed by atoms with Crippen molar-refractivity contribution in [1.29, 1.82) is 0 Å². The molecule has 25 heavy (non-hydrogen) atoms. The van der Waals surface area contributed by atoms with Crippen LogP contribution in [0.3, 0.4) is 0 Å². The Labute approximate surface area is 151 Å². The minimum Gasteiger partial charge on any atom is -0.496 e. The van der Waals surface area contributed by atoms with Crippen molar-refractivity contribution in [3.05, 3.63) is 22.7 Å². The predicted octanol–water partition coefficient (Wildman–Crippen LogP) is 2.15. The van der Waals surface area contributed by atoms with Gasteiger partial charge in [-0.2, -0.15) is 0 Å². The monoisotopic (exact) mass is 368 g/mol. The van der Waals surface area contributed by atoms with Crippen LogP contribution in [0.25, 0.3) is 0 Å². The fourth-order valence-electron chi connectivity index (χ4n) is 2.90. The van der Waals surface area contributed by atoms with Gasteiger partial charge in [0.2, 0.25) is 6.10 Å². The van der Waals surface area contributed by atoms with Gasteiger partial charge in [0.1, 0.15) is 11.5 Å². The molecule has 8 heteroatoms. The normalized spacial score (nSPS) is 22.3. The molecule has 136 valence electrons. The topological polar surface area (TPSA) is 78.4 Å². The maximum Gasteiger partial charge on any atom is 0.264 e. The lowest BCUT2D eigenvalue weighted by molar-refractivity contribution is -0.131. The molecule has 1 aromatic rings. The molecule has 0 unspecified atom stereocenters. The van der Waals surface area contributed by atoms with Crippen LogP contribution < -0.4 is 14.8 Å². The Hall–Kier alpha value is -1.99. The third kappa shape index (κ3) is 3.99. The summed E-state index contributed by atoms with van der Waals surface area (Å²) in [4.78, 5) is 17.6. The van der Waals surface area contributed by atoms with Crippen LogP contribution in [0, 0.1) is 0 Å². The average Bonchev–Trinajstić information content (AvgIpc) is 3.31. The van der Waals surface area contributed by atoms with Crippen LogP contribution in [0.4, 0.5) is 0 Å². The summed E-state index contributed by atoms with van der Waals surface area (Å²) in [5.41, 5.74) is 1.29. The van der Waals surface area contributed by atoms with E-state index in [2.05, 4.69) is 10.5 Å². The van der Waals surface area contributed by atoms with Gasteiger partial charge in [-0.3, -0.25) is 4.79 Å². The van der Waals surface area contributed by atoms with Crippen LogP contribution in [0.2, 0.25) is 5.02 Å². The molecule has 0 aromatic heterocycles. The number of nitrogens with one attached hydrogen (secondary N) is 1. The first kappa shape index (κ1) is 17.8. The fourth-order valence-corrected chi connectivity index (χ4v) is 3.14. The number of amides is 1. The zero-order valence-electron chi connectivity index (χ0n) is 14.2. The number of carbonyl (C=O) groups excluding carboxylic acids is 1. The van der Waals surface area contributed by atoms with E-state index >= 15 is 0 Å². The van der Waals surface area contributed by atoms with E-state index in [4.69, 9.17) is 30.6 Å². The highest BCUT2D eigenvalue weighted by atomic mass is 35.5. The number of nitrogens with zero attached hydrogens (tertiary/aromatic N) is 1. The fraction of sp³-hybridized carbons (Fsp3) is 0.529. The summed E-state index contributed by atoms with van der Waals surface area (Å²) in [6.45, 7) is 1.25.